The summed E-state index contributed by atoms with van der Waals surface area (Å²) in [6.07, 6.45) is -0.958. The first-order valence-corrected chi connectivity index (χ1v) is 7.29. The van der Waals surface area contributed by atoms with E-state index in [4.69, 9.17) is 9.47 Å². The molecular weight excluding hydrogens is 296 g/mol. The Kier molecular flexibility index (Phi) is 5.36. The summed E-state index contributed by atoms with van der Waals surface area (Å²) in [6, 6.07) is 12.6. The van der Waals surface area contributed by atoms with Crippen molar-refractivity contribution >= 4 is 11.8 Å². The number of para-hydroxylation sites is 1. The number of carbonyl (C=O) groups excluding carboxylic acids is 2. The molecule has 0 bridgehead atoms. The monoisotopic (exact) mass is 314 g/mol. The van der Waals surface area contributed by atoms with E-state index in [-0.39, 0.29) is 17.1 Å². The molecule has 5 heteroatoms. The van der Waals surface area contributed by atoms with Crippen LogP contribution in [0.15, 0.2) is 48.5 Å². The van der Waals surface area contributed by atoms with Gasteiger partial charge in [-0.05, 0) is 50.2 Å². The molecule has 0 saturated heterocycles. The number of ether oxygens (including phenoxy) is 2. The zero-order valence-electron chi connectivity index (χ0n) is 13.0. The quantitative estimate of drug-likeness (QED) is 0.654. The van der Waals surface area contributed by atoms with Crippen LogP contribution in [0.1, 0.15) is 34.6 Å². The molecule has 0 unspecified atom stereocenters. The van der Waals surface area contributed by atoms with Crippen molar-refractivity contribution in [3.05, 3.63) is 59.7 Å². The minimum Gasteiger partial charge on any atom is -0.507 e. The number of carbonyl (C=O) groups is 2. The molecule has 120 valence electrons. The maximum Gasteiger partial charge on any atom is 0.342 e. The lowest BCUT2D eigenvalue weighted by molar-refractivity contribution is 0.0316. The number of phenolic OH excluding ortho intramolecular Hbond substituents is 1. The molecule has 0 amide bonds. The summed E-state index contributed by atoms with van der Waals surface area (Å²) in [5, 5.41) is 9.63. The Bertz CT molecular complexity index is 691. The predicted octanol–water partition coefficient (Wildman–Crippen LogP) is 3.22. The molecule has 0 spiro atoms. The molecule has 0 fully saturated rings. The maximum absolute atomic E-state index is 12.3. The minimum atomic E-state index is -0.958. The fourth-order valence-electron chi connectivity index (χ4n) is 2.04. The highest BCUT2D eigenvalue weighted by Crippen LogP contribution is 2.19. The van der Waals surface area contributed by atoms with E-state index in [0.717, 1.165) is 0 Å². The van der Waals surface area contributed by atoms with Gasteiger partial charge in [0.1, 0.15) is 17.1 Å². The number of phenols is 1. The van der Waals surface area contributed by atoms with Gasteiger partial charge in [-0.3, -0.25) is 4.79 Å². The molecule has 0 saturated carbocycles. The first-order chi connectivity index (χ1) is 11.0. The van der Waals surface area contributed by atoms with Gasteiger partial charge in [-0.25, -0.2) is 4.79 Å². The third kappa shape index (κ3) is 4.10. The number of hydrogen-bond acceptors (Lipinski definition) is 5. The summed E-state index contributed by atoms with van der Waals surface area (Å²) in [4.78, 5) is 24.3. The van der Waals surface area contributed by atoms with Gasteiger partial charge in [0.05, 0.1) is 6.61 Å². The summed E-state index contributed by atoms with van der Waals surface area (Å²) < 4.78 is 10.4. The molecule has 0 aromatic heterocycles. The number of aromatic hydroxyl groups is 1. The molecular formula is C18H18O5. The molecule has 2 aromatic rings. The van der Waals surface area contributed by atoms with Crippen molar-refractivity contribution in [1.29, 1.82) is 0 Å². The average molecular weight is 314 g/mol. The van der Waals surface area contributed by atoms with Gasteiger partial charge in [-0.15, -0.1) is 0 Å². The van der Waals surface area contributed by atoms with Gasteiger partial charge in [-0.1, -0.05) is 12.1 Å². The first kappa shape index (κ1) is 16.5. The SMILES string of the molecule is CCOc1ccc(C(=O)[C@@H](C)OC(=O)c2ccccc2O)cc1. The molecule has 0 heterocycles. The lowest BCUT2D eigenvalue weighted by Crippen LogP contribution is -2.24. The number of benzene rings is 2. The number of hydrogen-bond donors (Lipinski definition) is 1. The van der Waals surface area contributed by atoms with Crippen LogP contribution < -0.4 is 4.74 Å². The minimum absolute atomic E-state index is 0.0267. The van der Waals surface area contributed by atoms with Gasteiger partial charge >= 0.3 is 5.97 Å². The van der Waals surface area contributed by atoms with E-state index in [0.29, 0.717) is 17.9 Å². The molecule has 0 radical (unpaired) electrons. The normalized spacial score (nSPS) is 11.6. The maximum atomic E-state index is 12.3. The van der Waals surface area contributed by atoms with E-state index in [9.17, 15) is 14.7 Å². The van der Waals surface area contributed by atoms with E-state index in [1.807, 2.05) is 6.92 Å². The highest BCUT2D eigenvalue weighted by molar-refractivity contribution is 6.01. The summed E-state index contributed by atoms with van der Waals surface area (Å²) in [6.45, 7) is 3.91. The van der Waals surface area contributed by atoms with Crippen molar-refractivity contribution in [2.75, 3.05) is 6.61 Å². The first-order valence-electron chi connectivity index (χ1n) is 7.29. The van der Waals surface area contributed by atoms with Crippen molar-refractivity contribution in [3.63, 3.8) is 0 Å². The van der Waals surface area contributed by atoms with Crippen LogP contribution in [-0.2, 0) is 4.74 Å². The zero-order chi connectivity index (χ0) is 16.8. The number of ketones is 1. The largest absolute Gasteiger partial charge is 0.507 e. The van der Waals surface area contributed by atoms with Crippen LogP contribution in [0.25, 0.3) is 0 Å². The standard InChI is InChI=1S/C18H18O5/c1-3-22-14-10-8-13(9-11-14)17(20)12(2)23-18(21)15-6-4-5-7-16(15)19/h4-12,19H,3H2,1-2H3/t12-/m1/s1. The van der Waals surface area contributed by atoms with Gasteiger partial charge in [0.15, 0.2) is 6.10 Å². The van der Waals surface area contributed by atoms with Crippen LogP contribution in [0.3, 0.4) is 0 Å². The second-order valence-electron chi connectivity index (χ2n) is 4.89. The molecule has 5 nitrogen and oxygen atoms in total. The lowest BCUT2D eigenvalue weighted by Gasteiger charge is -2.13. The molecule has 2 rings (SSSR count). The third-order valence-electron chi connectivity index (χ3n) is 3.23. The van der Waals surface area contributed by atoms with Gasteiger partial charge < -0.3 is 14.6 Å². The fourth-order valence-corrected chi connectivity index (χ4v) is 2.04. The van der Waals surface area contributed by atoms with Crippen LogP contribution in [0.2, 0.25) is 0 Å². The van der Waals surface area contributed by atoms with Crippen molar-refractivity contribution in [3.8, 4) is 11.5 Å². The Labute approximate surface area is 134 Å². The number of Topliss-reactive ketones (excluding diaryl/α,β-unsaturated/α-hetero) is 1. The Morgan fingerprint density at radius 3 is 2.35 bits per heavy atom. The number of rotatable bonds is 6. The summed E-state index contributed by atoms with van der Waals surface area (Å²) in [5.74, 6) is -0.576. The lowest BCUT2D eigenvalue weighted by atomic mass is 10.1. The molecule has 0 aliphatic carbocycles. The highest BCUT2D eigenvalue weighted by atomic mass is 16.5. The Morgan fingerprint density at radius 2 is 1.74 bits per heavy atom. The van der Waals surface area contributed by atoms with Gasteiger partial charge in [0.25, 0.3) is 0 Å². The van der Waals surface area contributed by atoms with Crippen LogP contribution in [-0.4, -0.2) is 29.6 Å². The van der Waals surface area contributed by atoms with Crippen molar-refractivity contribution < 1.29 is 24.2 Å². The Hall–Kier alpha value is -2.82. The molecule has 2 aromatic carbocycles. The van der Waals surface area contributed by atoms with Crippen molar-refractivity contribution in [1.82, 2.24) is 0 Å². The molecule has 0 aliphatic heterocycles. The number of esters is 1. The van der Waals surface area contributed by atoms with Crippen LogP contribution >= 0.6 is 0 Å². The van der Waals surface area contributed by atoms with Gasteiger partial charge in [0, 0.05) is 5.56 Å². The van der Waals surface area contributed by atoms with E-state index in [1.54, 1.807) is 36.4 Å². The topological polar surface area (TPSA) is 72.8 Å². The molecule has 0 aliphatic rings. The van der Waals surface area contributed by atoms with Crippen LogP contribution in [0.4, 0.5) is 0 Å². The highest BCUT2D eigenvalue weighted by Gasteiger charge is 2.21. The van der Waals surface area contributed by atoms with Crippen LogP contribution in [0, 0.1) is 0 Å². The molecule has 1 atom stereocenters. The van der Waals surface area contributed by atoms with Gasteiger partial charge in [0.2, 0.25) is 5.78 Å². The summed E-state index contributed by atoms with van der Waals surface area (Å²) >= 11 is 0. The Morgan fingerprint density at radius 1 is 1.09 bits per heavy atom. The van der Waals surface area contributed by atoms with Crippen LogP contribution in [0.5, 0.6) is 11.5 Å². The average Bonchev–Trinajstić information content (AvgIpc) is 2.55. The third-order valence-corrected chi connectivity index (χ3v) is 3.23. The zero-order valence-corrected chi connectivity index (χ0v) is 13.0. The van der Waals surface area contributed by atoms with E-state index >= 15 is 0 Å². The second kappa shape index (κ2) is 7.45. The Balaban J connectivity index is 2.05. The van der Waals surface area contributed by atoms with Crippen molar-refractivity contribution in [2.24, 2.45) is 0 Å². The summed E-state index contributed by atoms with van der Waals surface area (Å²) in [5.41, 5.74) is 0.449. The smallest absolute Gasteiger partial charge is 0.342 e. The van der Waals surface area contributed by atoms with Gasteiger partial charge in [-0.2, -0.15) is 0 Å². The second-order valence-corrected chi connectivity index (χ2v) is 4.89. The fraction of sp³-hybridized carbons (Fsp3) is 0.222. The van der Waals surface area contributed by atoms with E-state index in [2.05, 4.69) is 0 Å². The van der Waals surface area contributed by atoms with Crippen molar-refractivity contribution in [2.45, 2.75) is 20.0 Å². The molecule has 23 heavy (non-hydrogen) atoms. The predicted molar refractivity (Wildman–Crippen MR) is 84.9 cm³/mol. The molecule has 1 N–H and O–H groups in total. The van der Waals surface area contributed by atoms with E-state index < -0.39 is 12.1 Å². The summed E-state index contributed by atoms with van der Waals surface area (Å²) in [7, 11) is 0. The van der Waals surface area contributed by atoms with E-state index in [1.165, 1.54) is 19.1 Å².